The maximum atomic E-state index is 13.4. The molecule has 3 fully saturated rings. The van der Waals surface area contributed by atoms with Gasteiger partial charge in [0.2, 0.25) is 0 Å². The fourth-order valence-corrected chi connectivity index (χ4v) is 4.94. The molecule has 3 aliphatic rings. The molecule has 2 aromatic rings. The minimum Gasteiger partial charge on any atom is -0.338 e. The van der Waals surface area contributed by atoms with Crippen LogP contribution in [0.3, 0.4) is 0 Å². The van der Waals surface area contributed by atoms with Crippen LogP contribution in [-0.2, 0) is 0 Å². The zero-order chi connectivity index (χ0) is 19.3. The molecule has 0 radical (unpaired) electrons. The second kappa shape index (κ2) is 6.89. The van der Waals surface area contributed by atoms with Crippen molar-refractivity contribution in [2.75, 3.05) is 26.2 Å². The van der Waals surface area contributed by atoms with Crippen molar-refractivity contribution in [2.45, 2.75) is 44.9 Å². The van der Waals surface area contributed by atoms with E-state index in [2.05, 4.69) is 10.4 Å². The van der Waals surface area contributed by atoms with Gasteiger partial charge in [-0.05, 0) is 68.7 Å². The summed E-state index contributed by atoms with van der Waals surface area (Å²) in [6, 6.07) is 5.99. The van der Waals surface area contributed by atoms with Crippen LogP contribution >= 0.6 is 11.6 Å². The van der Waals surface area contributed by atoms with E-state index in [0.717, 1.165) is 79.4 Å². The summed E-state index contributed by atoms with van der Waals surface area (Å²) in [7, 11) is 0. The molecule has 1 aromatic carbocycles. The fourth-order valence-electron chi connectivity index (χ4n) is 4.77. The molecule has 28 heavy (non-hydrogen) atoms. The van der Waals surface area contributed by atoms with E-state index >= 15 is 0 Å². The number of carbonyl (C=O) groups excluding carboxylic acids is 1. The third kappa shape index (κ3) is 3.15. The van der Waals surface area contributed by atoms with E-state index in [1.54, 1.807) is 6.20 Å². The number of aryl methyl sites for hydroxylation is 1. The number of hydrogen-bond donors (Lipinski definition) is 1. The van der Waals surface area contributed by atoms with E-state index in [1.807, 2.05) is 34.7 Å². The molecule has 3 heterocycles. The van der Waals surface area contributed by atoms with Crippen LogP contribution in [0.5, 0.6) is 0 Å². The minimum atomic E-state index is 0.146. The van der Waals surface area contributed by atoms with Gasteiger partial charge in [-0.2, -0.15) is 5.10 Å². The molecular formula is C22H27ClN4O. The molecule has 0 atom stereocenters. The highest BCUT2D eigenvalue weighted by Crippen LogP contribution is 2.43. The van der Waals surface area contributed by atoms with Gasteiger partial charge in [-0.25, -0.2) is 4.68 Å². The Labute approximate surface area is 171 Å². The van der Waals surface area contributed by atoms with Crippen molar-refractivity contribution in [1.82, 2.24) is 20.0 Å². The lowest BCUT2D eigenvalue weighted by Gasteiger charge is -2.38. The Morgan fingerprint density at radius 3 is 2.68 bits per heavy atom. The molecule has 0 unspecified atom stereocenters. The van der Waals surface area contributed by atoms with Gasteiger partial charge in [0.05, 0.1) is 23.1 Å². The number of nitrogens with zero attached hydrogens (tertiary/aromatic N) is 3. The molecular weight excluding hydrogens is 372 g/mol. The highest BCUT2D eigenvalue weighted by Gasteiger charge is 2.40. The van der Waals surface area contributed by atoms with Gasteiger partial charge in [-0.1, -0.05) is 17.7 Å². The number of halogens is 1. The molecule has 5 rings (SSSR count). The standard InChI is InChI=1S/C22H27ClN4O/c1-15-2-5-17(12-19(15)23)27-20(16-3-4-16)18(13-25-27)21(28)26-10-7-22(8-11-26)6-9-24-14-22/h2,5,12-13,16,24H,3-4,6-11,14H2,1H3. The maximum Gasteiger partial charge on any atom is 0.257 e. The predicted octanol–water partition coefficient (Wildman–Crippen LogP) is 3.93. The quantitative estimate of drug-likeness (QED) is 0.852. The van der Waals surface area contributed by atoms with Crippen LogP contribution in [0, 0.1) is 12.3 Å². The average Bonchev–Trinajstić information content (AvgIpc) is 3.28. The van der Waals surface area contributed by atoms with Crippen molar-refractivity contribution in [3.63, 3.8) is 0 Å². The van der Waals surface area contributed by atoms with E-state index in [1.165, 1.54) is 6.42 Å². The molecule has 2 aliphatic heterocycles. The number of benzene rings is 1. The van der Waals surface area contributed by atoms with Crippen molar-refractivity contribution < 1.29 is 4.79 Å². The summed E-state index contributed by atoms with van der Waals surface area (Å²) >= 11 is 6.34. The predicted molar refractivity (Wildman–Crippen MR) is 110 cm³/mol. The Morgan fingerprint density at radius 2 is 2.04 bits per heavy atom. The number of amides is 1. The molecule has 1 spiro atoms. The lowest BCUT2D eigenvalue weighted by Crippen LogP contribution is -2.44. The number of piperidine rings is 1. The first-order valence-corrected chi connectivity index (χ1v) is 10.8. The van der Waals surface area contributed by atoms with Gasteiger partial charge in [0.1, 0.15) is 0 Å². The highest BCUT2D eigenvalue weighted by molar-refractivity contribution is 6.31. The van der Waals surface area contributed by atoms with Crippen LogP contribution in [0.4, 0.5) is 0 Å². The number of likely N-dealkylation sites (tertiary alicyclic amines) is 1. The number of rotatable bonds is 3. The van der Waals surface area contributed by atoms with Crippen LogP contribution in [-0.4, -0.2) is 46.8 Å². The lowest BCUT2D eigenvalue weighted by atomic mass is 9.78. The number of aromatic nitrogens is 2. The van der Waals surface area contributed by atoms with Crippen LogP contribution < -0.4 is 5.32 Å². The Bertz CT molecular complexity index is 901. The topological polar surface area (TPSA) is 50.2 Å². The van der Waals surface area contributed by atoms with Crippen LogP contribution in [0.25, 0.3) is 5.69 Å². The summed E-state index contributed by atoms with van der Waals surface area (Å²) in [5, 5.41) is 8.83. The Kier molecular flexibility index (Phi) is 4.48. The molecule has 2 saturated heterocycles. The third-order valence-electron chi connectivity index (χ3n) is 6.84. The van der Waals surface area contributed by atoms with Crippen LogP contribution in [0.15, 0.2) is 24.4 Å². The fraction of sp³-hybridized carbons (Fsp3) is 0.545. The van der Waals surface area contributed by atoms with Gasteiger partial charge in [-0.15, -0.1) is 0 Å². The summed E-state index contributed by atoms with van der Waals surface area (Å²) in [6.45, 7) is 5.92. The van der Waals surface area contributed by atoms with E-state index in [0.29, 0.717) is 11.3 Å². The lowest BCUT2D eigenvalue weighted by molar-refractivity contribution is 0.0606. The zero-order valence-corrected chi connectivity index (χ0v) is 17.1. The molecule has 148 valence electrons. The van der Waals surface area contributed by atoms with E-state index in [4.69, 9.17) is 11.6 Å². The Hall–Kier alpha value is -1.85. The smallest absolute Gasteiger partial charge is 0.257 e. The van der Waals surface area contributed by atoms with E-state index in [-0.39, 0.29) is 5.91 Å². The normalized spacial score (nSPS) is 21.4. The second-order valence-corrected chi connectivity index (χ2v) is 9.19. The van der Waals surface area contributed by atoms with Crippen molar-refractivity contribution in [3.05, 3.63) is 46.2 Å². The summed E-state index contributed by atoms with van der Waals surface area (Å²) in [4.78, 5) is 15.4. The molecule has 1 aromatic heterocycles. The van der Waals surface area contributed by atoms with Gasteiger partial charge in [0.15, 0.2) is 0 Å². The minimum absolute atomic E-state index is 0.146. The largest absolute Gasteiger partial charge is 0.338 e. The van der Waals surface area contributed by atoms with Crippen molar-refractivity contribution >= 4 is 17.5 Å². The number of carbonyl (C=O) groups is 1. The van der Waals surface area contributed by atoms with Crippen molar-refractivity contribution in [1.29, 1.82) is 0 Å². The van der Waals surface area contributed by atoms with Gasteiger partial charge in [0.25, 0.3) is 5.91 Å². The first-order chi connectivity index (χ1) is 13.6. The number of nitrogens with one attached hydrogen (secondary N) is 1. The molecule has 1 N–H and O–H groups in total. The Morgan fingerprint density at radius 1 is 1.25 bits per heavy atom. The first kappa shape index (κ1) is 18.2. The first-order valence-electron chi connectivity index (χ1n) is 10.4. The molecule has 1 aliphatic carbocycles. The SMILES string of the molecule is Cc1ccc(-n2ncc(C(=O)N3CCC4(CCNC4)CC3)c2C2CC2)cc1Cl. The average molecular weight is 399 g/mol. The van der Waals surface area contributed by atoms with Gasteiger partial charge >= 0.3 is 0 Å². The van der Waals surface area contributed by atoms with E-state index < -0.39 is 0 Å². The van der Waals surface area contributed by atoms with Gasteiger partial charge in [-0.3, -0.25) is 4.79 Å². The summed E-state index contributed by atoms with van der Waals surface area (Å²) in [5.74, 6) is 0.573. The molecule has 0 bridgehead atoms. The van der Waals surface area contributed by atoms with Crippen LogP contribution in [0.1, 0.15) is 59.6 Å². The summed E-state index contributed by atoms with van der Waals surface area (Å²) in [6.07, 6.45) is 7.47. The summed E-state index contributed by atoms with van der Waals surface area (Å²) in [5.41, 5.74) is 4.24. The van der Waals surface area contributed by atoms with Crippen LogP contribution in [0.2, 0.25) is 5.02 Å². The molecule has 1 amide bonds. The third-order valence-corrected chi connectivity index (χ3v) is 7.25. The van der Waals surface area contributed by atoms with Crippen molar-refractivity contribution in [2.24, 2.45) is 5.41 Å². The maximum absolute atomic E-state index is 13.4. The monoisotopic (exact) mass is 398 g/mol. The molecule has 6 heteroatoms. The molecule has 1 saturated carbocycles. The second-order valence-electron chi connectivity index (χ2n) is 8.78. The summed E-state index contributed by atoms with van der Waals surface area (Å²) < 4.78 is 1.93. The van der Waals surface area contributed by atoms with Gasteiger partial charge in [0, 0.05) is 30.6 Å². The van der Waals surface area contributed by atoms with Crippen molar-refractivity contribution in [3.8, 4) is 5.69 Å². The highest BCUT2D eigenvalue weighted by atomic mass is 35.5. The number of hydrogen-bond acceptors (Lipinski definition) is 3. The van der Waals surface area contributed by atoms with E-state index in [9.17, 15) is 4.79 Å². The zero-order valence-electron chi connectivity index (χ0n) is 16.4. The molecule has 5 nitrogen and oxygen atoms in total. The Balaban J connectivity index is 1.42. The van der Waals surface area contributed by atoms with Gasteiger partial charge < -0.3 is 10.2 Å².